The summed E-state index contributed by atoms with van der Waals surface area (Å²) in [5.74, 6) is -0.586. The smallest absolute Gasteiger partial charge is 0.412 e. The van der Waals surface area contributed by atoms with Crippen LogP contribution in [0.4, 0.5) is 10.5 Å². The van der Waals surface area contributed by atoms with E-state index in [4.69, 9.17) is 19.7 Å². The third kappa shape index (κ3) is 6.97. The normalized spacial score (nSPS) is 12.4. The number of rotatable bonds is 9. The molecule has 0 bridgehead atoms. The van der Waals surface area contributed by atoms with E-state index in [1.165, 1.54) is 6.08 Å². The predicted octanol–water partition coefficient (Wildman–Crippen LogP) is 4.01. The van der Waals surface area contributed by atoms with Crippen molar-refractivity contribution in [2.45, 2.75) is 20.0 Å². The van der Waals surface area contributed by atoms with Crippen LogP contribution in [-0.4, -0.2) is 35.5 Å². The van der Waals surface area contributed by atoms with Gasteiger partial charge in [-0.25, -0.2) is 9.59 Å². The monoisotopic (exact) mass is 399 g/mol. The van der Waals surface area contributed by atoms with Crippen molar-refractivity contribution in [3.63, 3.8) is 0 Å². The van der Waals surface area contributed by atoms with E-state index in [0.717, 1.165) is 6.08 Å². The third-order valence-corrected chi connectivity index (χ3v) is 4.10. The lowest BCUT2D eigenvalue weighted by atomic mass is 9.82. The van der Waals surface area contributed by atoms with Crippen molar-refractivity contribution in [1.29, 1.82) is 0 Å². The van der Waals surface area contributed by atoms with Crippen molar-refractivity contribution in [3.05, 3.63) is 72.3 Å². The lowest BCUT2D eigenvalue weighted by Gasteiger charge is -2.31. The predicted molar refractivity (Wildman–Crippen MR) is 109 cm³/mol. The van der Waals surface area contributed by atoms with Crippen molar-refractivity contribution in [3.8, 4) is 5.75 Å². The van der Waals surface area contributed by atoms with Crippen LogP contribution in [0.1, 0.15) is 25.5 Å². The first kappa shape index (κ1) is 22.0. The Hall–Kier alpha value is -3.32. The van der Waals surface area contributed by atoms with Crippen LogP contribution < -0.4 is 10.1 Å². The summed E-state index contributed by atoms with van der Waals surface area (Å²) in [6.45, 7) is 3.55. The summed E-state index contributed by atoms with van der Waals surface area (Å²) in [4.78, 5) is 23.5. The quantitative estimate of drug-likeness (QED) is 0.550. The molecule has 0 heterocycles. The van der Waals surface area contributed by atoms with Gasteiger partial charge >= 0.3 is 12.1 Å². The molecule has 0 aliphatic heterocycles. The maximum Gasteiger partial charge on any atom is 0.412 e. The molecule has 7 heteroatoms. The summed E-state index contributed by atoms with van der Waals surface area (Å²) in [7, 11) is 0. The number of nitrogens with one attached hydrogen (secondary N) is 1. The number of carboxylic acids is 1. The van der Waals surface area contributed by atoms with Crippen LogP contribution in [0.25, 0.3) is 0 Å². The molecule has 0 aromatic heterocycles. The number of aliphatic hydroxyl groups is 1. The number of anilines is 1. The van der Waals surface area contributed by atoms with Gasteiger partial charge in [-0.3, -0.25) is 5.32 Å². The van der Waals surface area contributed by atoms with E-state index >= 15 is 0 Å². The van der Waals surface area contributed by atoms with E-state index in [2.05, 4.69) is 5.32 Å². The molecule has 0 spiro atoms. The molecule has 1 amide bonds. The second-order valence-corrected chi connectivity index (χ2v) is 6.91. The lowest BCUT2D eigenvalue weighted by Crippen LogP contribution is -2.28. The lowest BCUT2D eigenvalue weighted by molar-refractivity contribution is -0.131. The Kier molecular flexibility index (Phi) is 7.79. The molecular formula is C22H25NO6. The van der Waals surface area contributed by atoms with Crippen molar-refractivity contribution >= 4 is 17.7 Å². The van der Waals surface area contributed by atoms with E-state index in [1.807, 2.05) is 6.07 Å². The first-order chi connectivity index (χ1) is 13.8. The fraction of sp³-hybridized carbons (Fsp3) is 0.273. The molecule has 0 aliphatic rings. The molecule has 0 saturated carbocycles. The van der Waals surface area contributed by atoms with E-state index in [9.17, 15) is 9.59 Å². The zero-order chi connectivity index (χ0) is 21.3. The summed E-state index contributed by atoms with van der Waals surface area (Å²) < 4.78 is 11.1. The highest BCUT2D eigenvalue weighted by molar-refractivity contribution is 5.84. The second-order valence-electron chi connectivity index (χ2n) is 6.91. The minimum absolute atomic E-state index is 0.128. The standard InChI is InChI=1S/C22H25NO6/c1-22(2,12-11-19(25)26)20(16-7-6-10-18(15-16)28-14-13-24)29-21(27)23-17-8-4-3-5-9-17/h3-12,15,20,24H,13-14H2,1-2H3,(H,23,27)(H,25,26)/b12-11+/t20-/m1/s1. The number of benzene rings is 2. The molecule has 2 aromatic carbocycles. The second kappa shape index (κ2) is 10.3. The Bertz CT molecular complexity index is 847. The zero-order valence-corrected chi connectivity index (χ0v) is 16.4. The van der Waals surface area contributed by atoms with E-state index in [-0.39, 0.29) is 13.2 Å². The van der Waals surface area contributed by atoms with Crippen molar-refractivity contribution < 1.29 is 29.3 Å². The zero-order valence-electron chi connectivity index (χ0n) is 16.4. The molecule has 7 nitrogen and oxygen atoms in total. The van der Waals surface area contributed by atoms with Crippen LogP contribution in [-0.2, 0) is 9.53 Å². The van der Waals surface area contributed by atoms with Gasteiger partial charge in [0.2, 0.25) is 0 Å². The van der Waals surface area contributed by atoms with Gasteiger partial charge in [-0.2, -0.15) is 0 Å². The van der Waals surface area contributed by atoms with Crippen LogP contribution in [0.3, 0.4) is 0 Å². The maximum atomic E-state index is 12.5. The number of aliphatic carboxylic acids is 1. The molecule has 0 radical (unpaired) electrons. The number of carbonyl (C=O) groups is 2. The van der Waals surface area contributed by atoms with Gasteiger partial charge in [0, 0.05) is 17.2 Å². The summed E-state index contributed by atoms with van der Waals surface area (Å²) in [6.07, 6.45) is 1.05. The fourth-order valence-electron chi connectivity index (χ4n) is 2.73. The Morgan fingerprint density at radius 3 is 2.52 bits per heavy atom. The molecule has 2 rings (SSSR count). The molecule has 29 heavy (non-hydrogen) atoms. The summed E-state index contributed by atoms with van der Waals surface area (Å²) in [5, 5.41) is 20.6. The fourth-order valence-corrected chi connectivity index (χ4v) is 2.73. The van der Waals surface area contributed by atoms with Gasteiger partial charge in [0.15, 0.2) is 0 Å². The molecular weight excluding hydrogens is 374 g/mol. The summed E-state index contributed by atoms with van der Waals surface area (Å²) >= 11 is 0. The molecule has 0 aliphatic carbocycles. The van der Waals surface area contributed by atoms with Crippen LogP contribution in [0.2, 0.25) is 0 Å². The van der Waals surface area contributed by atoms with E-state index in [1.54, 1.807) is 62.4 Å². The van der Waals surface area contributed by atoms with E-state index < -0.39 is 23.6 Å². The Labute approximate surface area is 169 Å². The molecule has 2 aromatic rings. The summed E-state index contributed by atoms with van der Waals surface area (Å²) in [6, 6.07) is 15.8. The Morgan fingerprint density at radius 1 is 1.14 bits per heavy atom. The minimum atomic E-state index is -1.09. The van der Waals surface area contributed by atoms with Gasteiger partial charge in [-0.05, 0) is 29.8 Å². The molecule has 1 atom stereocenters. The Balaban J connectivity index is 2.30. The molecule has 0 saturated heterocycles. The van der Waals surface area contributed by atoms with Crippen LogP contribution in [0.5, 0.6) is 5.75 Å². The average molecular weight is 399 g/mol. The number of para-hydroxylation sites is 1. The number of carbonyl (C=O) groups excluding carboxylic acids is 1. The first-order valence-corrected chi connectivity index (χ1v) is 9.10. The number of aliphatic hydroxyl groups excluding tert-OH is 1. The highest BCUT2D eigenvalue weighted by atomic mass is 16.6. The maximum absolute atomic E-state index is 12.5. The van der Waals surface area contributed by atoms with Gasteiger partial charge in [-0.15, -0.1) is 0 Å². The average Bonchev–Trinajstić information content (AvgIpc) is 2.70. The molecule has 0 fully saturated rings. The SMILES string of the molecule is CC(C)(/C=C/C(=O)O)[C@H](OC(=O)Nc1ccccc1)c1cccc(OCCO)c1. The number of carboxylic acid groups (broad SMARTS) is 1. The van der Waals surface area contributed by atoms with Gasteiger partial charge in [0.25, 0.3) is 0 Å². The van der Waals surface area contributed by atoms with Gasteiger partial charge in [-0.1, -0.05) is 50.3 Å². The summed E-state index contributed by atoms with van der Waals surface area (Å²) in [5.41, 5.74) is 0.376. The largest absolute Gasteiger partial charge is 0.491 e. The molecule has 3 N–H and O–H groups in total. The first-order valence-electron chi connectivity index (χ1n) is 9.10. The molecule has 154 valence electrons. The van der Waals surface area contributed by atoms with Crippen molar-refractivity contribution in [2.24, 2.45) is 5.41 Å². The Morgan fingerprint density at radius 2 is 1.86 bits per heavy atom. The van der Waals surface area contributed by atoms with Gasteiger partial charge in [0.05, 0.1) is 6.61 Å². The third-order valence-electron chi connectivity index (χ3n) is 4.10. The highest BCUT2D eigenvalue weighted by Crippen LogP contribution is 2.39. The molecule has 0 unspecified atom stereocenters. The van der Waals surface area contributed by atoms with Crippen molar-refractivity contribution in [2.75, 3.05) is 18.5 Å². The van der Waals surface area contributed by atoms with E-state index in [0.29, 0.717) is 17.0 Å². The number of hydrogen-bond acceptors (Lipinski definition) is 5. The van der Waals surface area contributed by atoms with Crippen LogP contribution >= 0.6 is 0 Å². The van der Waals surface area contributed by atoms with Gasteiger partial charge < -0.3 is 19.7 Å². The highest BCUT2D eigenvalue weighted by Gasteiger charge is 2.33. The van der Waals surface area contributed by atoms with Crippen molar-refractivity contribution in [1.82, 2.24) is 0 Å². The van der Waals surface area contributed by atoms with Crippen LogP contribution in [0.15, 0.2) is 66.7 Å². The number of hydrogen-bond donors (Lipinski definition) is 3. The number of amides is 1. The van der Waals surface area contributed by atoms with Gasteiger partial charge in [0.1, 0.15) is 18.5 Å². The topological polar surface area (TPSA) is 105 Å². The number of ether oxygens (including phenoxy) is 2. The van der Waals surface area contributed by atoms with Crippen LogP contribution in [0, 0.1) is 5.41 Å². The minimum Gasteiger partial charge on any atom is -0.491 e.